The molecule has 0 saturated heterocycles. The van der Waals surface area contributed by atoms with Crippen molar-refractivity contribution < 1.29 is 4.79 Å². The molecule has 0 spiro atoms. The third-order valence-corrected chi connectivity index (χ3v) is 7.15. The normalized spacial score (nSPS) is 30.9. The van der Waals surface area contributed by atoms with Crippen LogP contribution in [0.5, 0.6) is 0 Å². The molecule has 1 N–H and O–H groups in total. The van der Waals surface area contributed by atoms with Crippen LogP contribution in [0, 0.1) is 11.3 Å². The van der Waals surface area contributed by atoms with Gasteiger partial charge in [-0.2, -0.15) is 5.10 Å². The van der Waals surface area contributed by atoms with Gasteiger partial charge in [-0.05, 0) is 47.3 Å². The van der Waals surface area contributed by atoms with Crippen molar-refractivity contribution >= 4 is 11.9 Å². The molecule has 1 fully saturated rings. The van der Waals surface area contributed by atoms with E-state index in [0.29, 0.717) is 23.7 Å². The van der Waals surface area contributed by atoms with Gasteiger partial charge in [-0.25, -0.2) is 0 Å². The number of carbonyl (C=O) groups excluding carboxylic acids is 1. The van der Waals surface area contributed by atoms with E-state index in [1.807, 2.05) is 18.2 Å². The molecule has 1 aromatic heterocycles. The SMILES string of the molecule is CC1(C)C2Cc3c(C4(C=O)C=CC(c5ccccc5)=CC4)n[nH]c3C1C2. The number of aromatic nitrogens is 2. The summed E-state index contributed by atoms with van der Waals surface area (Å²) in [6, 6.07) is 10.3. The van der Waals surface area contributed by atoms with E-state index in [-0.39, 0.29) is 0 Å². The van der Waals surface area contributed by atoms with E-state index in [4.69, 9.17) is 0 Å². The fourth-order valence-corrected chi connectivity index (χ4v) is 5.17. The van der Waals surface area contributed by atoms with Crippen LogP contribution in [0.3, 0.4) is 0 Å². The fourth-order valence-electron chi connectivity index (χ4n) is 5.17. The van der Waals surface area contributed by atoms with Gasteiger partial charge in [0.1, 0.15) is 6.29 Å². The van der Waals surface area contributed by atoms with E-state index in [0.717, 1.165) is 18.4 Å². The topological polar surface area (TPSA) is 45.8 Å². The monoisotopic (exact) mass is 344 g/mol. The third kappa shape index (κ3) is 2.00. The first-order chi connectivity index (χ1) is 12.5. The zero-order valence-electron chi connectivity index (χ0n) is 15.3. The Hall–Kier alpha value is -2.42. The summed E-state index contributed by atoms with van der Waals surface area (Å²) in [5.74, 6) is 1.27. The minimum absolute atomic E-state index is 0.355. The number of aldehydes is 1. The smallest absolute Gasteiger partial charge is 0.136 e. The van der Waals surface area contributed by atoms with Gasteiger partial charge in [-0.3, -0.25) is 5.10 Å². The number of rotatable bonds is 3. The summed E-state index contributed by atoms with van der Waals surface area (Å²) in [6.45, 7) is 4.72. The minimum atomic E-state index is -0.629. The van der Waals surface area contributed by atoms with Crippen LogP contribution in [0.2, 0.25) is 0 Å². The number of aromatic amines is 1. The molecule has 0 aliphatic heterocycles. The molecular weight excluding hydrogens is 320 g/mol. The summed E-state index contributed by atoms with van der Waals surface area (Å²) in [5.41, 5.74) is 5.63. The molecule has 3 nitrogen and oxygen atoms in total. The number of allylic oxidation sites excluding steroid dienone is 4. The predicted molar refractivity (Wildman–Crippen MR) is 103 cm³/mol. The molecular formula is C23H24N2O. The standard InChI is InChI=1S/C23H24N2O/c1-22(2)17-12-18-20(19(22)13-17)24-25-21(18)23(14-26)10-8-16(9-11-23)15-6-4-3-5-7-15/h3-10,14,17,19H,11-13H2,1-2H3,(H,24,25). The molecule has 3 heteroatoms. The Morgan fingerprint density at radius 2 is 2.04 bits per heavy atom. The van der Waals surface area contributed by atoms with Crippen LogP contribution in [-0.4, -0.2) is 16.5 Å². The summed E-state index contributed by atoms with van der Waals surface area (Å²) in [5, 5.41) is 7.97. The summed E-state index contributed by atoms with van der Waals surface area (Å²) >= 11 is 0. The molecule has 3 atom stereocenters. The predicted octanol–water partition coefficient (Wildman–Crippen LogP) is 4.58. The van der Waals surface area contributed by atoms with Crippen molar-refractivity contribution in [3.05, 3.63) is 71.1 Å². The highest BCUT2D eigenvalue weighted by atomic mass is 16.1. The lowest BCUT2D eigenvalue weighted by Crippen LogP contribution is -2.48. The van der Waals surface area contributed by atoms with Crippen LogP contribution < -0.4 is 0 Å². The maximum absolute atomic E-state index is 12.2. The quantitative estimate of drug-likeness (QED) is 0.829. The average molecular weight is 344 g/mol. The molecule has 0 amide bonds. The Kier molecular flexibility index (Phi) is 3.22. The Balaban J connectivity index is 1.51. The van der Waals surface area contributed by atoms with Crippen LogP contribution >= 0.6 is 0 Å². The molecule has 4 aliphatic carbocycles. The van der Waals surface area contributed by atoms with Gasteiger partial charge in [0.15, 0.2) is 0 Å². The highest BCUT2D eigenvalue weighted by Gasteiger charge is 2.55. The van der Waals surface area contributed by atoms with Gasteiger partial charge in [0, 0.05) is 11.6 Å². The van der Waals surface area contributed by atoms with Crippen LogP contribution in [-0.2, 0) is 16.6 Å². The van der Waals surface area contributed by atoms with E-state index in [2.05, 4.69) is 54.4 Å². The van der Waals surface area contributed by atoms with Gasteiger partial charge < -0.3 is 4.79 Å². The van der Waals surface area contributed by atoms with Gasteiger partial charge in [0.2, 0.25) is 0 Å². The zero-order chi connectivity index (χ0) is 17.9. The van der Waals surface area contributed by atoms with Gasteiger partial charge >= 0.3 is 0 Å². The maximum Gasteiger partial charge on any atom is 0.136 e. The van der Waals surface area contributed by atoms with Crippen molar-refractivity contribution in [2.75, 3.05) is 0 Å². The molecule has 26 heavy (non-hydrogen) atoms. The van der Waals surface area contributed by atoms with Crippen LogP contribution in [0.25, 0.3) is 5.57 Å². The highest BCUT2D eigenvalue weighted by Crippen LogP contribution is 2.62. The number of hydrogen-bond donors (Lipinski definition) is 1. The Morgan fingerprint density at radius 3 is 2.69 bits per heavy atom. The molecule has 0 radical (unpaired) electrons. The highest BCUT2D eigenvalue weighted by molar-refractivity contribution is 5.82. The number of nitrogens with one attached hydrogen (secondary N) is 1. The van der Waals surface area contributed by atoms with E-state index < -0.39 is 5.41 Å². The van der Waals surface area contributed by atoms with Crippen molar-refractivity contribution in [3.8, 4) is 0 Å². The van der Waals surface area contributed by atoms with Crippen molar-refractivity contribution in [1.82, 2.24) is 10.2 Å². The fraction of sp³-hybridized carbons (Fsp3) is 0.391. The second-order valence-corrected chi connectivity index (χ2v) is 8.70. The molecule has 2 aromatic rings. The summed E-state index contributed by atoms with van der Waals surface area (Å²) < 4.78 is 0. The van der Waals surface area contributed by atoms with Crippen LogP contribution in [0.1, 0.15) is 55.1 Å². The van der Waals surface area contributed by atoms with E-state index >= 15 is 0 Å². The number of benzene rings is 1. The second kappa shape index (κ2) is 5.29. The molecule has 1 saturated carbocycles. The second-order valence-electron chi connectivity index (χ2n) is 8.70. The first-order valence-corrected chi connectivity index (χ1v) is 9.54. The van der Waals surface area contributed by atoms with Crippen molar-refractivity contribution in [2.45, 2.75) is 44.4 Å². The molecule has 1 heterocycles. The molecule has 4 aliphatic rings. The molecule has 3 unspecified atom stereocenters. The molecule has 1 aromatic carbocycles. The average Bonchev–Trinajstić information content (AvgIpc) is 3.13. The lowest BCUT2D eigenvalue weighted by atomic mass is 9.48. The van der Waals surface area contributed by atoms with Crippen molar-refractivity contribution in [1.29, 1.82) is 0 Å². The zero-order valence-corrected chi connectivity index (χ0v) is 15.3. The number of H-pyrrole nitrogens is 1. The summed E-state index contributed by atoms with van der Waals surface area (Å²) in [4.78, 5) is 12.2. The molecule has 132 valence electrons. The number of carbonyl (C=O) groups is 1. The number of nitrogens with zero attached hydrogens (tertiary/aromatic N) is 1. The number of hydrogen-bond acceptors (Lipinski definition) is 2. The van der Waals surface area contributed by atoms with Gasteiger partial charge in [-0.15, -0.1) is 0 Å². The third-order valence-electron chi connectivity index (χ3n) is 7.15. The summed E-state index contributed by atoms with van der Waals surface area (Å²) in [7, 11) is 0. The van der Waals surface area contributed by atoms with E-state index in [1.54, 1.807) is 0 Å². The molecule has 6 rings (SSSR count). The lowest BCUT2D eigenvalue weighted by molar-refractivity contribution is -0.111. The van der Waals surface area contributed by atoms with E-state index in [1.165, 1.54) is 28.8 Å². The van der Waals surface area contributed by atoms with Crippen molar-refractivity contribution in [3.63, 3.8) is 0 Å². The van der Waals surface area contributed by atoms with Gasteiger partial charge in [0.25, 0.3) is 0 Å². The van der Waals surface area contributed by atoms with Crippen molar-refractivity contribution in [2.24, 2.45) is 11.3 Å². The largest absolute Gasteiger partial charge is 0.302 e. The maximum atomic E-state index is 12.2. The Bertz CT molecular complexity index is 934. The van der Waals surface area contributed by atoms with Crippen LogP contribution in [0.15, 0.2) is 48.6 Å². The lowest BCUT2D eigenvalue weighted by Gasteiger charge is -2.56. The Morgan fingerprint density at radius 1 is 1.23 bits per heavy atom. The minimum Gasteiger partial charge on any atom is -0.302 e. The van der Waals surface area contributed by atoms with Gasteiger partial charge in [0.05, 0.1) is 11.1 Å². The first-order valence-electron chi connectivity index (χ1n) is 9.54. The van der Waals surface area contributed by atoms with E-state index in [9.17, 15) is 4.79 Å². The first kappa shape index (κ1) is 15.8. The van der Waals surface area contributed by atoms with Crippen LogP contribution in [0.4, 0.5) is 0 Å². The van der Waals surface area contributed by atoms with Gasteiger partial charge in [-0.1, -0.05) is 62.4 Å². The molecule has 2 bridgehead atoms. The Labute approximate surface area is 154 Å². The summed E-state index contributed by atoms with van der Waals surface area (Å²) in [6.07, 6.45) is 10.4.